The molecule has 0 bridgehead atoms. The Kier molecular flexibility index (Phi) is 5.45. The highest BCUT2D eigenvalue weighted by Crippen LogP contribution is 2.30. The molecule has 2 heterocycles. The van der Waals surface area contributed by atoms with Crippen LogP contribution in [0.2, 0.25) is 0 Å². The number of halogens is 1. The van der Waals surface area contributed by atoms with Crippen molar-refractivity contribution in [3.8, 4) is 0 Å². The third-order valence-corrected chi connectivity index (χ3v) is 6.22. The third-order valence-electron chi connectivity index (χ3n) is 6.22. The monoisotopic (exact) mass is 429 g/mol. The van der Waals surface area contributed by atoms with E-state index in [1.807, 2.05) is 72.5 Å². The van der Waals surface area contributed by atoms with Gasteiger partial charge in [0.25, 0.3) is 5.91 Å². The lowest BCUT2D eigenvalue weighted by atomic mass is 10.1. The zero-order valence-corrected chi connectivity index (χ0v) is 18.1. The number of nitrogens with one attached hydrogen (secondary N) is 1. The minimum atomic E-state index is -0.215. The largest absolute Gasteiger partial charge is 0.360 e. The summed E-state index contributed by atoms with van der Waals surface area (Å²) in [6.07, 6.45) is 0. The van der Waals surface area contributed by atoms with E-state index in [0.29, 0.717) is 12.4 Å². The van der Waals surface area contributed by atoms with Crippen LogP contribution in [0, 0.1) is 12.7 Å². The minimum absolute atomic E-state index is 0.0414. The van der Waals surface area contributed by atoms with Gasteiger partial charge in [-0.3, -0.25) is 9.69 Å². The van der Waals surface area contributed by atoms with E-state index >= 15 is 0 Å². The molecule has 0 aliphatic carbocycles. The van der Waals surface area contributed by atoms with Crippen LogP contribution < -0.4 is 14.7 Å². The number of hydrogen-bond donors (Lipinski definition) is 1. The summed E-state index contributed by atoms with van der Waals surface area (Å²) >= 11 is 0. The van der Waals surface area contributed by atoms with Gasteiger partial charge in [-0.05, 0) is 49.4 Å². The van der Waals surface area contributed by atoms with Crippen LogP contribution in [0.1, 0.15) is 11.1 Å². The first-order valence-corrected chi connectivity index (χ1v) is 11.0. The Hall–Kier alpha value is -3.51. The van der Waals surface area contributed by atoms with E-state index in [9.17, 15) is 9.18 Å². The number of rotatable bonds is 4. The van der Waals surface area contributed by atoms with Crippen molar-refractivity contribution in [2.45, 2.75) is 6.92 Å². The molecule has 0 radical (unpaired) electrons. The van der Waals surface area contributed by atoms with Crippen LogP contribution in [0.15, 0.2) is 77.8 Å². The quantitative estimate of drug-likeness (QED) is 0.693. The van der Waals surface area contributed by atoms with Gasteiger partial charge >= 0.3 is 0 Å². The van der Waals surface area contributed by atoms with E-state index < -0.39 is 0 Å². The summed E-state index contributed by atoms with van der Waals surface area (Å²) in [5, 5.41) is 0. The molecule has 0 aromatic heterocycles. The number of amides is 1. The van der Waals surface area contributed by atoms with Gasteiger partial charge in [0, 0.05) is 11.3 Å². The second-order valence-electron chi connectivity index (χ2n) is 8.42. The Bertz CT molecular complexity index is 1150. The highest BCUT2D eigenvalue weighted by Gasteiger charge is 2.36. The molecule has 1 saturated heterocycles. The lowest BCUT2D eigenvalue weighted by Gasteiger charge is -2.35. The van der Waals surface area contributed by atoms with Crippen molar-refractivity contribution in [1.29, 1.82) is 0 Å². The summed E-state index contributed by atoms with van der Waals surface area (Å²) < 4.78 is 13.2. The molecule has 32 heavy (non-hydrogen) atoms. The van der Waals surface area contributed by atoms with Crippen LogP contribution in [-0.2, 0) is 4.79 Å². The van der Waals surface area contributed by atoms with Crippen molar-refractivity contribution in [2.75, 3.05) is 42.6 Å². The first kappa shape index (κ1) is 20.4. The predicted molar refractivity (Wildman–Crippen MR) is 125 cm³/mol. The van der Waals surface area contributed by atoms with Crippen LogP contribution in [-0.4, -0.2) is 44.5 Å². The fourth-order valence-electron chi connectivity index (χ4n) is 4.39. The van der Waals surface area contributed by atoms with Crippen molar-refractivity contribution < 1.29 is 14.1 Å². The van der Waals surface area contributed by atoms with E-state index in [4.69, 9.17) is 4.99 Å². The topological polar surface area (TPSA) is 40.4 Å². The number of aryl methyl sites for hydroxylation is 1. The van der Waals surface area contributed by atoms with E-state index in [2.05, 4.69) is 4.90 Å². The zero-order valence-electron chi connectivity index (χ0n) is 18.1. The fraction of sp³-hybridized carbons (Fsp3) is 0.231. The first-order valence-electron chi connectivity index (χ1n) is 11.0. The van der Waals surface area contributed by atoms with E-state index in [1.165, 1.54) is 17.0 Å². The lowest BCUT2D eigenvalue weighted by molar-refractivity contribution is -0.899. The van der Waals surface area contributed by atoms with Crippen molar-refractivity contribution in [2.24, 2.45) is 4.99 Å². The van der Waals surface area contributed by atoms with E-state index in [-0.39, 0.29) is 11.7 Å². The molecule has 0 saturated carbocycles. The van der Waals surface area contributed by atoms with Gasteiger partial charge in [0.15, 0.2) is 6.67 Å². The average Bonchev–Trinajstić information content (AvgIpc) is 3.07. The second kappa shape index (κ2) is 8.55. The number of aliphatic imine (C=N–C) groups is 1. The molecule has 1 fully saturated rings. The summed E-state index contributed by atoms with van der Waals surface area (Å²) in [5.74, 6) is -0.257. The summed E-state index contributed by atoms with van der Waals surface area (Å²) in [6, 6.07) is 22.5. The number of benzene rings is 3. The SMILES string of the molecule is Cc1ccc(N=C2C(=O)N(C[NH+]3CCN(c4ccc(F)cc4)CC3)c3ccccc32)cc1. The Morgan fingerprint density at radius 1 is 0.938 bits per heavy atom. The molecule has 0 unspecified atom stereocenters. The number of fused-ring (bicyclic) bond motifs is 1. The molecule has 3 aromatic rings. The maximum atomic E-state index is 13.4. The van der Waals surface area contributed by atoms with Gasteiger partial charge in [-0.2, -0.15) is 0 Å². The molecule has 2 aliphatic heterocycles. The highest BCUT2D eigenvalue weighted by molar-refractivity contribution is 6.54. The number of anilines is 2. The third kappa shape index (κ3) is 4.01. The van der Waals surface area contributed by atoms with Crippen molar-refractivity contribution in [3.05, 3.63) is 89.7 Å². The maximum absolute atomic E-state index is 13.4. The fourth-order valence-corrected chi connectivity index (χ4v) is 4.39. The molecule has 2 aliphatic rings. The lowest BCUT2D eigenvalue weighted by Crippen LogP contribution is -3.16. The number of para-hydroxylation sites is 1. The molecule has 5 rings (SSSR count). The molecule has 1 N–H and O–H groups in total. The van der Waals surface area contributed by atoms with E-state index in [1.54, 1.807) is 0 Å². The molecule has 5 nitrogen and oxygen atoms in total. The summed E-state index contributed by atoms with van der Waals surface area (Å²) in [5.41, 5.74) is 5.32. The molecule has 6 heteroatoms. The Balaban J connectivity index is 1.32. The number of quaternary nitrogens is 1. The Morgan fingerprint density at radius 2 is 1.62 bits per heavy atom. The highest BCUT2D eigenvalue weighted by atomic mass is 19.1. The molecular weight excluding hydrogens is 403 g/mol. The van der Waals surface area contributed by atoms with Gasteiger partial charge in [-0.15, -0.1) is 0 Å². The average molecular weight is 430 g/mol. The molecule has 162 valence electrons. The minimum Gasteiger partial charge on any atom is -0.360 e. The maximum Gasteiger partial charge on any atom is 0.281 e. The number of piperazine rings is 1. The van der Waals surface area contributed by atoms with Gasteiger partial charge in [-0.25, -0.2) is 9.38 Å². The van der Waals surface area contributed by atoms with Gasteiger partial charge in [-0.1, -0.05) is 35.9 Å². The number of hydrogen-bond acceptors (Lipinski definition) is 3. The summed E-state index contributed by atoms with van der Waals surface area (Å²) in [4.78, 5) is 23.5. The molecule has 0 atom stereocenters. The van der Waals surface area contributed by atoms with Crippen molar-refractivity contribution in [3.63, 3.8) is 0 Å². The van der Waals surface area contributed by atoms with Crippen molar-refractivity contribution >= 4 is 28.7 Å². The second-order valence-corrected chi connectivity index (χ2v) is 8.42. The van der Waals surface area contributed by atoms with Crippen LogP contribution >= 0.6 is 0 Å². The van der Waals surface area contributed by atoms with Gasteiger partial charge in [0.1, 0.15) is 11.5 Å². The Morgan fingerprint density at radius 3 is 2.34 bits per heavy atom. The van der Waals surface area contributed by atoms with Gasteiger partial charge in [0.05, 0.1) is 37.6 Å². The number of nitrogens with zero attached hydrogens (tertiary/aromatic N) is 3. The van der Waals surface area contributed by atoms with Gasteiger partial charge < -0.3 is 9.80 Å². The zero-order chi connectivity index (χ0) is 22.1. The standard InChI is InChI=1S/C26H25FN4O/c1-19-6-10-21(11-7-19)28-25-23-4-2-3-5-24(23)31(26(25)32)18-29-14-16-30(17-15-29)22-12-8-20(27)9-13-22/h2-13H,14-18H2,1H3/p+1. The predicted octanol–water partition coefficient (Wildman–Crippen LogP) is 2.96. The van der Waals surface area contributed by atoms with Crippen LogP contribution in [0.4, 0.5) is 21.5 Å². The smallest absolute Gasteiger partial charge is 0.281 e. The Labute approximate surface area is 187 Å². The van der Waals surface area contributed by atoms with Crippen LogP contribution in [0.25, 0.3) is 0 Å². The van der Waals surface area contributed by atoms with E-state index in [0.717, 1.165) is 54.4 Å². The number of carbonyl (C=O) groups excluding carboxylic acids is 1. The first-order chi connectivity index (χ1) is 15.6. The van der Waals surface area contributed by atoms with Gasteiger partial charge in [0.2, 0.25) is 0 Å². The normalized spacial score (nSPS) is 17.8. The molecule has 1 amide bonds. The summed E-state index contributed by atoms with van der Waals surface area (Å²) in [6.45, 7) is 6.21. The summed E-state index contributed by atoms with van der Waals surface area (Å²) in [7, 11) is 0. The molecular formula is C26H26FN4O+. The van der Waals surface area contributed by atoms with Crippen molar-refractivity contribution in [1.82, 2.24) is 0 Å². The van der Waals surface area contributed by atoms with Crippen LogP contribution in [0.5, 0.6) is 0 Å². The molecule has 3 aromatic carbocycles. The van der Waals surface area contributed by atoms with Crippen LogP contribution in [0.3, 0.4) is 0 Å². The molecule has 0 spiro atoms. The number of carbonyl (C=O) groups is 1.